The number of aromatic nitrogens is 2. The van der Waals surface area contributed by atoms with E-state index in [4.69, 9.17) is 4.42 Å². The van der Waals surface area contributed by atoms with Crippen LogP contribution in [-0.2, 0) is 6.54 Å². The average Bonchev–Trinajstić information content (AvgIpc) is 2.95. The molecule has 0 saturated carbocycles. The van der Waals surface area contributed by atoms with Crippen molar-refractivity contribution < 1.29 is 8.81 Å². The lowest BCUT2D eigenvalue weighted by Gasteiger charge is -2.06. The second kappa shape index (κ2) is 5.13. The Kier molecular flexibility index (Phi) is 3.16. The maximum absolute atomic E-state index is 13.2. The first-order chi connectivity index (χ1) is 9.72. The van der Waals surface area contributed by atoms with Crippen LogP contribution in [0, 0.1) is 5.82 Å². The van der Waals surface area contributed by atoms with Gasteiger partial charge in [0.2, 0.25) is 0 Å². The summed E-state index contributed by atoms with van der Waals surface area (Å²) in [5.74, 6) is 0.246. The summed E-state index contributed by atoms with van der Waals surface area (Å²) in [6.45, 7) is 0.213. The number of rotatable bonds is 3. The lowest BCUT2D eigenvalue weighted by Crippen LogP contribution is -2.22. The highest BCUT2D eigenvalue weighted by atomic mass is 19.1. The van der Waals surface area contributed by atoms with Gasteiger partial charge in [-0.25, -0.2) is 9.07 Å². The summed E-state index contributed by atoms with van der Waals surface area (Å²) in [4.78, 5) is 11.8. The first kappa shape index (κ1) is 12.3. The number of benzene rings is 1. The molecule has 100 valence electrons. The van der Waals surface area contributed by atoms with Gasteiger partial charge in [0.25, 0.3) is 5.56 Å². The minimum atomic E-state index is -0.335. The van der Waals surface area contributed by atoms with E-state index in [0.29, 0.717) is 17.0 Å². The molecule has 4 nitrogen and oxygen atoms in total. The molecule has 0 fully saturated rings. The van der Waals surface area contributed by atoms with E-state index < -0.39 is 0 Å². The van der Waals surface area contributed by atoms with E-state index in [-0.39, 0.29) is 17.9 Å². The van der Waals surface area contributed by atoms with Gasteiger partial charge in [-0.15, -0.1) is 0 Å². The number of furan rings is 1. The summed E-state index contributed by atoms with van der Waals surface area (Å²) < 4.78 is 19.7. The minimum absolute atomic E-state index is 0.213. The Morgan fingerprint density at radius 1 is 1.15 bits per heavy atom. The number of halogens is 1. The lowest BCUT2D eigenvalue weighted by molar-refractivity contribution is 0.568. The van der Waals surface area contributed by atoms with Crippen LogP contribution in [0.2, 0.25) is 0 Å². The third-order valence-electron chi connectivity index (χ3n) is 2.86. The van der Waals surface area contributed by atoms with Crippen LogP contribution in [0.5, 0.6) is 0 Å². The topological polar surface area (TPSA) is 48.0 Å². The summed E-state index contributed by atoms with van der Waals surface area (Å²) in [6, 6.07) is 12.6. The molecule has 5 heteroatoms. The summed E-state index contributed by atoms with van der Waals surface area (Å²) >= 11 is 0. The van der Waals surface area contributed by atoms with Crippen LogP contribution in [0.4, 0.5) is 4.39 Å². The molecule has 2 heterocycles. The molecule has 0 N–H and O–H groups in total. The van der Waals surface area contributed by atoms with Crippen molar-refractivity contribution in [2.75, 3.05) is 0 Å². The fourth-order valence-corrected chi connectivity index (χ4v) is 1.93. The molecule has 0 bridgehead atoms. The fourth-order valence-electron chi connectivity index (χ4n) is 1.93. The van der Waals surface area contributed by atoms with Gasteiger partial charge >= 0.3 is 0 Å². The average molecular weight is 270 g/mol. The maximum atomic E-state index is 13.2. The van der Waals surface area contributed by atoms with Crippen molar-refractivity contribution >= 4 is 0 Å². The minimum Gasteiger partial charge on any atom is -0.463 e. The first-order valence-corrected chi connectivity index (χ1v) is 6.09. The normalized spacial score (nSPS) is 10.7. The molecule has 1 aromatic carbocycles. The van der Waals surface area contributed by atoms with Gasteiger partial charge < -0.3 is 4.42 Å². The predicted octanol–water partition coefficient (Wildman–Crippen LogP) is 2.69. The Hall–Kier alpha value is -2.69. The van der Waals surface area contributed by atoms with E-state index in [1.54, 1.807) is 36.6 Å². The van der Waals surface area contributed by atoms with Gasteiger partial charge in [0.05, 0.1) is 12.8 Å². The van der Waals surface area contributed by atoms with Crippen LogP contribution >= 0.6 is 0 Å². The van der Waals surface area contributed by atoms with Gasteiger partial charge in [-0.05, 0) is 35.9 Å². The van der Waals surface area contributed by atoms with E-state index in [2.05, 4.69) is 5.10 Å². The quantitative estimate of drug-likeness (QED) is 0.735. The Labute approximate surface area is 114 Å². The largest absolute Gasteiger partial charge is 0.463 e. The summed E-state index contributed by atoms with van der Waals surface area (Å²) in [6.07, 6.45) is 1.54. The lowest BCUT2D eigenvalue weighted by atomic mass is 10.2. The molecule has 0 spiro atoms. The van der Waals surface area contributed by atoms with E-state index in [1.165, 1.54) is 22.9 Å². The summed E-state index contributed by atoms with van der Waals surface area (Å²) in [5, 5.41) is 4.23. The second-order valence-electron chi connectivity index (χ2n) is 4.32. The smallest absolute Gasteiger partial charge is 0.267 e. The van der Waals surface area contributed by atoms with Crippen molar-refractivity contribution in [1.82, 2.24) is 9.78 Å². The third kappa shape index (κ3) is 2.51. The van der Waals surface area contributed by atoms with Gasteiger partial charge in [-0.3, -0.25) is 4.79 Å². The molecule has 0 radical (unpaired) electrons. The third-order valence-corrected chi connectivity index (χ3v) is 2.86. The Morgan fingerprint density at radius 3 is 2.80 bits per heavy atom. The van der Waals surface area contributed by atoms with Crippen LogP contribution in [-0.4, -0.2) is 9.78 Å². The van der Waals surface area contributed by atoms with Gasteiger partial charge in [0.1, 0.15) is 11.5 Å². The number of nitrogens with zero attached hydrogens (tertiary/aromatic N) is 2. The Morgan fingerprint density at radius 2 is 2.05 bits per heavy atom. The second-order valence-corrected chi connectivity index (χ2v) is 4.32. The Balaban J connectivity index is 1.97. The molecule has 0 atom stereocenters. The predicted molar refractivity (Wildman–Crippen MR) is 71.7 cm³/mol. The van der Waals surface area contributed by atoms with Crippen molar-refractivity contribution in [1.29, 1.82) is 0 Å². The highest BCUT2D eigenvalue weighted by Crippen LogP contribution is 2.15. The van der Waals surface area contributed by atoms with E-state index in [0.717, 1.165) is 0 Å². The monoisotopic (exact) mass is 270 g/mol. The van der Waals surface area contributed by atoms with Crippen molar-refractivity contribution in [3.63, 3.8) is 0 Å². The van der Waals surface area contributed by atoms with Crippen molar-refractivity contribution in [3.05, 3.63) is 76.5 Å². The Bertz CT molecular complexity index is 779. The number of hydrogen-bond acceptors (Lipinski definition) is 3. The number of hydrogen-bond donors (Lipinski definition) is 0. The van der Waals surface area contributed by atoms with Gasteiger partial charge in [0.15, 0.2) is 5.76 Å². The first-order valence-electron chi connectivity index (χ1n) is 6.09. The summed E-state index contributed by atoms with van der Waals surface area (Å²) in [5.41, 5.74) is 0.992. The van der Waals surface area contributed by atoms with Crippen LogP contribution < -0.4 is 5.56 Å². The van der Waals surface area contributed by atoms with Crippen molar-refractivity contribution in [2.45, 2.75) is 6.54 Å². The van der Waals surface area contributed by atoms with E-state index in [1.807, 2.05) is 0 Å². The van der Waals surface area contributed by atoms with Crippen LogP contribution in [0.25, 0.3) is 11.5 Å². The molecule has 0 aliphatic heterocycles. The molecule has 0 aliphatic carbocycles. The molecular weight excluding hydrogens is 259 g/mol. The molecule has 3 aromatic rings. The molecule has 2 aromatic heterocycles. The zero-order valence-corrected chi connectivity index (χ0v) is 10.5. The summed E-state index contributed by atoms with van der Waals surface area (Å²) in [7, 11) is 0. The molecule has 0 saturated heterocycles. The maximum Gasteiger partial charge on any atom is 0.267 e. The molecule has 0 amide bonds. The van der Waals surface area contributed by atoms with Crippen LogP contribution in [0.1, 0.15) is 5.56 Å². The van der Waals surface area contributed by atoms with Gasteiger partial charge in [0, 0.05) is 6.07 Å². The van der Waals surface area contributed by atoms with Gasteiger partial charge in [-0.2, -0.15) is 5.10 Å². The van der Waals surface area contributed by atoms with Crippen molar-refractivity contribution in [3.8, 4) is 11.5 Å². The van der Waals surface area contributed by atoms with Crippen LogP contribution in [0.15, 0.2) is 64.0 Å². The molecule has 3 rings (SSSR count). The fraction of sp³-hybridized carbons (Fsp3) is 0.0667. The zero-order valence-electron chi connectivity index (χ0n) is 10.5. The van der Waals surface area contributed by atoms with Crippen molar-refractivity contribution in [2.24, 2.45) is 0 Å². The highest BCUT2D eigenvalue weighted by molar-refractivity contribution is 5.50. The molecule has 20 heavy (non-hydrogen) atoms. The standard InChI is InChI=1S/C15H11FN2O2/c16-12-4-1-3-11(9-12)10-18-15(19)7-6-13(17-18)14-5-2-8-20-14/h1-9H,10H2. The molecule has 0 unspecified atom stereocenters. The van der Waals surface area contributed by atoms with Crippen LogP contribution in [0.3, 0.4) is 0 Å². The van der Waals surface area contributed by atoms with E-state index in [9.17, 15) is 9.18 Å². The molecular formula is C15H11FN2O2. The highest BCUT2D eigenvalue weighted by Gasteiger charge is 2.06. The van der Waals surface area contributed by atoms with E-state index >= 15 is 0 Å². The molecule has 0 aliphatic rings. The SMILES string of the molecule is O=c1ccc(-c2ccco2)nn1Cc1cccc(F)c1. The zero-order chi connectivity index (χ0) is 13.9. The van der Waals surface area contributed by atoms with Gasteiger partial charge in [-0.1, -0.05) is 12.1 Å².